The Morgan fingerprint density at radius 1 is 1.37 bits per heavy atom. The highest BCUT2D eigenvalue weighted by atomic mass is 16.5. The maximum absolute atomic E-state index is 9.44. The van der Waals surface area contributed by atoms with E-state index in [0.717, 1.165) is 24.3 Å². The minimum absolute atomic E-state index is 0.156. The van der Waals surface area contributed by atoms with Gasteiger partial charge in [-0.2, -0.15) is 5.26 Å². The smallest absolute Gasteiger partial charge is 0.165 e. The van der Waals surface area contributed by atoms with E-state index >= 15 is 0 Å². The predicted octanol–water partition coefficient (Wildman–Crippen LogP) is 3.04. The average molecular weight is 255 g/mol. The fraction of sp³-hybridized carbons (Fsp3) is 0.562. The summed E-state index contributed by atoms with van der Waals surface area (Å²) in [4.78, 5) is 0. The summed E-state index contributed by atoms with van der Waals surface area (Å²) in [5, 5.41) is 9.44. The molecule has 0 amide bonds. The normalized spacial score (nSPS) is 34.1. The van der Waals surface area contributed by atoms with Gasteiger partial charge in [-0.3, -0.25) is 0 Å². The van der Waals surface area contributed by atoms with Crippen molar-refractivity contribution in [2.75, 3.05) is 7.11 Å². The highest BCUT2D eigenvalue weighted by Crippen LogP contribution is 2.57. The van der Waals surface area contributed by atoms with Gasteiger partial charge in [0, 0.05) is 11.5 Å². The molecule has 0 unspecified atom stereocenters. The summed E-state index contributed by atoms with van der Waals surface area (Å²) >= 11 is 0. The molecule has 1 aromatic carbocycles. The molecule has 0 bridgehead atoms. The molecule has 19 heavy (non-hydrogen) atoms. The molecule has 1 aromatic rings. The SMILES string of the molecule is COc1ccc2c3c1O[C@H]1CCC[C@H]([C@@H]31)[C@@H](C#N)C2. The zero-order chi connectivity index (χ0) is 13.0. The first-order valence-electron chi connectivity index (χ1n) is 7.09. The van der Waals surface area contributed by atoms with E-state index in [4.69, 9.17) is 9.47 Å². The Labute approximate surface area is 113 Å². The third kappa shape index (κ3) is 1.37. The van der Waals surface area contributed by atoms with Crippen molar-refractivity contribution in [3.63, 3.8) is 0 Å². The highest BCUT2D eigenvalue weighted by molar-refractivity contribution is 5.57. The molecule has 0 N–H and O–H groups in total. The molecule has 98 valence electrons. The van der Waals surface area contributed by atoms with Gasteiger partial charge in [-0.05, 0) is 43.2 Å². The molecule has 0 spiro atoms. The van der Waals surface area contributed by atoms with Crippen LogP contribution in [0.5, 0.6) is 11.5 Å². The van der Waals surface area contributed by atoms with Crippen LogP contribution in [-0.2, 0) is 6.42 Å². The Hall–Kier alpha value is -1.69. The van der Waals surface area contributed by atoms with E-state index < -0.39 is 0 Å². The van der Waals surface area contributed by atoms with Gasteiger partial charge in [0.25, 0.3) is 0 Å². The van der Waals surface area contributed by atoms with Crippen molar-refractivity contribution < 1.29 is 9.47 Å². The van der Waals surface area contributed by atoms with Crippen LogP contribution in [-0.4, -0.2) is 13.2 Å². The molecule has 1 fully saturated rings. The Balaban J connectivity index is 1.91. The van der Waals surface area contributed by atoms with E-state index in [2.05, 4.69) is 12.1 Å². The molecule has 1 heterocycles. The standard InChI is InChI=1S/C16H17NO2/c1-18-13-6-5-9-7-10(8-17)11-3-2-4-12-15(11)14(9)16(13)19-12/h5-6,10-12,15H,2-4,7H2,1H3/t10-,11+,12+,15-/m1/s1. The first kappa shape index (κ1) is 11.2. The number of rotatable bonds is 1. The van der Waals surface area contributed by atoms with Gasteiger partial charge in [-0.25, -0.2) is 0 Å². The number of ether oxygens (including phenoxy) is 2. The molecule has 3 nitrogen and oxygen atoms in total. The molecule has 0 radical (unpaired) electrons. The Kier molecular flexibility index (Phi) is 2.29. The molecule has 4 rings (SSSR count). The summed E-state index contributed by atoms with van der Waals surface area (Å²) in [6.07, 6.45) is 4.59. The van der Waals surface area contributed by atoms with Crippen LogP contribution in [0.25, 0.3) is 0 Å². The quantitative estimate of drug-likeness (QED) is 0.774. The minimum atomic E-state index is 0.156. The van der Waals surface area contributed by atoms with Crippen LogP contribution in [0.15, 0.2) is 12.1 Å². The van der Waals surface area contributed by atoms with Gasteiger partial charge in [0.15, 0.2) is 11.5 Å². The van der Waals surface area contributed by atoms with Gasteiger partial charge in [0.1, 0.15) is 6.10 Å². The van der Waals surface area contributed by atoms with Crippen molar-refractivity contribution in [2.24, 2.45) is 11.8 Å². The fourth-order valence-corrected chi connectivity index (χ4v) is 4.30. The van der Waals surface area contributed by atoms with Crippen molar-refractivity contribution in [2.45, 2.75) is 37.7 Å². The number of nitriles is 1. The van der Waals surface area contributed by atoms with Gasteiger partial charge in [0.2, 0.25) is 0 Å². The molecule has 0 saturated heterocycles. The molecule has 4 atom stereocenters. The second kappa shape index (κ2) is 3.90. The first-order valence-corrected chi connectivity index (χ1v) is 7.09. The van der Waals surface area contributed by atoms with E-state index in [1.165, 1.54) is 24.0 Å². The van der Waals surface area contributed by atoms with Crippen LogP contribution < -0.4 is 9.47 Å². The van der Waals surface area contributed by atoms with Crippen molar-refractivity contribution in [1.82, 2.24) is 0 Å². The van der Waals surface area contributed by atoms with Gasteiger partial charge in [-0.15, -0.1) is 0 Å². The molecule has 0 aromatic heterocycles. The lowest BCUT2D eigenvalue weighted by molar-refractivity contribution is 0.104. The van der Waals surface area contributed by atoms with Gasteiger partial charge in [0.05, 0.1) is 19.1 Å². The van der Waals surface area contributed by atoms with E-state index in [9.17, 15) is 5.26 Å². The maximum atomic E-state index is 9.44. The minimum Gasteiger partial charge on any atom is -0.493 e. The number of benzene rings is 1. The third-order valence-corrected chi connectivity index (χ3v) is 5.08. The summed E-state index contributed by atoms with van der Waals surface area (Å²) in [5.41, 5.74) is 2.65. The molecular weight excluding hydrogens is 238 g/mol. The molecule has 3 heteroatoms. The van der Waals surface area contributed by atoms with E-state index in [1.807, 2.05) is 6.07 Å². The summed E-state index contributed by atoms with van der Waals surface area (Å²) in [5.74, 6) is 2.86. The van der Waals surface area contributed by atoms with Crippen LogP contribution in [0.4, 0.5) is 0 Å². The third-order valence-electron chi connectivity index (χ3n) is 5.08. The van der Waals surface area contributed by atoms with Crippen molar-refractivity contribution >= 4 is 0 Å². The Morgan fingerprint density at radius 2 is 2.26 bits per heavy atom. The average Bonchev–Trinajstić information content (AvgIpc) is 2.85. The highest BCUT2D eigenvalue weighted by Gasteiger charge is 2.49. The Morgan fingerprint density at radius 3 is 3.05 bits per heavy atom. The van der Waals surface area contributed by atoms with Gasteiger partial charge < -0.3 is 9.47 Å². The zero-order valence-corrected chi connectivity index (χ0v) is 11.1. The largest absolute Gasteiger partial charge is 0.493 e. The van der Waals surface area contributed by atoms with E-state index in [0.29, 0.717) is 11.8 Å². The molecule has 1 aliphatic heterocycles. The predicted molar refractivity (Wildman–Crippen MR) is 70.3 cm³/mol. The lowest BCUT2D eigenvalue weighted by Gasteiger charge is -2.39. The van der Waals surface area contributed by atoms with Crippen molar-refractivity contribution in [3.05, 3.63) is 23.3 Å². The van der Waals surface area contributed by atoms with Gasteiger partial charge >= 0.3 is 0 Å². The first-order chi connectivity index (χ1) is 9.33. The summed E-state index contributed by atoms with van der Waals surface area (Å²) < 4.78 is 11.6. The Bertz CT molecular complexity index is 575. The van der Waals surface area contributed by atoms with E-state index in [1.54, 1.807) is 7.11 Å². The topological polar surface area (TPSA) is 42.2 Å². The van der Waals surface area contributed by atoms with Crippen molar-refractivity contribution in [1.29, 1.82) is 5.26 Å². The monoisotopic (exact) mass is 255 g/mol. The summed E-state index contributed by atoms with van der Waals surface area (Å²) in [7, 11) is 1.70. The van der Waals surface area contributed by atoms with Crippen LogP contribution in [0, 0.1) is 23.2 Å². The van der Waals surface area contributed by atoms with Gasteiger partial charge in [-0.1, -0.05) is 6.07 Å². The van der Waals surface area contributed by atoms with Crippen LogP contribution in [0.1, 0.15) is 36.3 Å². The van der Waals surface area contributed by atoms with Crippen LogP contribution in [0.3, 0.4) is 0 Å². The maximum Gasteiger partial charge on any atom is 0.165 e. The number of hydrogen-bond donors (Lipinski definition) is 0. The number of hydrogen-bond acceptors (Lipinski definition) is 3. The van der Waals surface area contributed by atoms with Crippen LogP contribution in [0.2, 0.25) is 0 Å². The lowest BCUT2D eigenvalue weighted by Crippen LogP contribution is -2.37. The lowest BCUT2D eigenvalue weighted by atomic mass is 9.63. The molecule has 3 aliphatic rings. The van der Waals surface area contributed by atoms with Crippen LogP contribution >= 0.6 is 0 Å². The summed E-state index contributed by atoms with van der Waals surface area (Å²) in [6.45, 7) is 0. The second-order valence-corrected chi connectivity index (χ2v) is 5.89. The molecule has 1 saturated carbocycles. The number of nitrogens with zero attached hydrogens (tertiary/aromatic N) is 1. The van der Waals surface area contributed by atoms with Crippen molar-refractivity contribution in [3.8, 4) is 17.6 Å². The molecular formula is C16H17NO2. The van der Waals surface area contributed by atoms with E-state index in [-0.39, 0.29) is 12.0 Å². The summed E-state index contributed by atoms with van der Waals surface area (Å²) in [6, 6.07) is 6.64. The zero-order valence-electron chi connectivity index (χ0n) is 11.1. The number of methoxy groups -OCH3 is 1. The second-order valence-electron chi connectivity index (χ2n) is 5.89. The molecule has 2 aliphatic carbocycles. The fourth-order valence-electron chi connectivity index (χ4n) is 4.30.